The Labute approximate surface area is 159 Å². The minimum absolute atomic E-state index is 0.291. The summed E-state index contributed by atoms with van der Waals surface area (Å²) in [5, 5.41) is 14.8. The van der Waals surface area contributed by atoms with Crippen molar-refractivity contribution in [1.29, 1.82) is 0 Å². The normalized spacial score (nSPS) is 10.3. The van der Waals surface area contributed by atoms with Gasteiger partial charge in [-0.1, -0.05) is 23.2 Å². The first-order valence-electron chi connectivity index (χ1n) is 7.42. The third kappa shape index (κ3) is 4.38. The van der Waals surface area contributed by atoms with Crippen LogP contribution in [0.2, 0.25) is 10.0 Å². The number of rotatable bonds is 5. The van der Waals surface area contributed by atoms with Gasteiger partial charge >= 0.3 is 5.97 Å². The van der Waals surface area contributed by atoms with Crippen molar-refractivity contribution >= 4 is 52.3 Å². The van der Waals surface area contributed by atoms with Gasteiger partial charge in [0.05, 0.1) is 28.9 Å². The molecule has 0 unspecified atom stereocenters. The van der Waals surface area contributed by atoms with E-state index in [9.17, 15) is 4.79 Å². The Bertz CT molecular complexity index is 935. The van der Waals surface area contributed by atoms with E-state index in [2.05, 4.69) is 30.6 Å². The predicted octanol–water partition coefficient (Wildman–Crippen LogP) is 4.45. The number of benzene rings is 2. The van der Waals surface area contributed by atoms with E-state index in [1.54, 1.807) is 42.5 Å². The summed E-state index contributed by atoms with van der Waals surface area (Å²) >= 11 is 11.9. The largest absolute Gasteiger partial charge is 0.465 e. The van der Waals surface area contributed by atoms with Crippen LogP contribution in [0, 0.1) is 0 Å². The van der Waals surface area contributed by atoms with Crippen molar-refractivity contribution in [1.82, 2.24) is 15.2 Å². The zero-order valence-electron chi connectivity index (χ0n) is 13.5. The molecule has 26 heavy (non-hydrogen) atoms. The second kappa shape index (κ2) is 7.99. The van der Waals surface area contributed by atoms with Gasteiger partial charge in [-0.15, -0.1) is 5.10 Å². The highest BCUT2D eigenvalue weighted by atomic mass is 35.5. The number of hydrogen-bond donors (Lipinski definition) is 2. The molecule has 0 saturated carbocycles. The maximum absolute atomic E-state index is 11.4. The summed E-state index contributed by atoms with van der Waals surface area (Å²) in [5.74, 6) is 0.376. The molecule has 0 atom stereocenters. The summed E-state index contributed by atoms with van der Waals surface area (Å²) < 4.78 is 4.67. The number of esters is 1. The maximum atomic E-state index is 11.4. The molecule has 0 spiro atoms. The standard InChI is InChI=1S/C17H13Cl2N5O2/c1-26-16(25)10-2-4-11(5-3-10)21-15-9-20-24-17(23-15)22-12-6-7-13(18)14(19)8-12/h2-9H,1H3,(H2,21,22,23,24). The molecule has 0 aliphatic heterocycles. The number of carbonyl (C=O) groups is 1. The quantitative estimate of drug-likeness (QED) is 0.622. The highest BCUT2D eigenvalue weighted by Crippen LogP contribution is 2.26. The van der Waals surface area contributed by atoms with E-state index >= 15 is 0 Å². The van der Waals surface area contributed by atoms with Crippen molar-refractivity contribution < 1.29 is 9.53 Å². The van der Waals surface area contributed by atoms with Crippen LogP contribution in [0.15, 0.2) is 48.7 Å². The number of carbonyl (C=O) groups excluding carboxylic acids is 1. The Hall–Kier alpha value is -2.90. The van der Waals surface area contributed by atoms with E-state index in [0.717, 1.165) is 5.69 Å². The molecule has 1 aromatic heterocycles. The molecule has 0 aliphatic carbocycles. The van der Waals surface area contributed by atoms with Crippen LogP contribution in [-0.2, 0) is 4.74 Å². The topological polar surface area (TPSA) is 89.0 Å². The van der Waals surface area contributed by atoms with Crippen LogP contribution < -0.4 is 10.6 Å². The third-order valence-corrected chi connectivity index (χ3v) is 4.05. The van der Waals surface area contributed by atoms with Gasteiger partial charge in [-0.2, -0.15) is 10.1 Å². The number of methoxy groups -OCH3 is 1. The Morgan fingerprint density at radius 2 is 1.73 bits per heavy atom. The molecule has 0 saturated heterocycles. The van der Waals surface area contributed by atoms with E-state index in [1.807, 2.05) is 0 Å². The summed E-state index contributed by atoms with van der Waals surface area (Å²) in [6, 6.07) is 11.9. The van der Waals surface area contributed by atoms with E-state index in [0.29, 0.717) is 33.1 Å². The molecule has 2 aromatic carbocycles. The molecule has 1 heterocycles. The van der Waals surface area contributed by atoms with Gasteiger partial charge in [-0.3, -0.25) is 0 Å². The summed E-state index contributed by atoms with van der Waals surface area (Å²) in [6.45, 7) is 0. The maximum Gasteiger partial charge on any atom is 0.337 e. The fourth-order valence-electron chi connectivity index (χ4n) is 2.08. The number of aromatic nitrogens is 3. The number of ether oxygens (including phenoxy) is 1. The van der Waals surface area contributed by atoms with E-state index < -0.39 is 5.97 Å². The number of nitrogens with zero attached hydrogens (tertiary/aromatic N) is 3. The lowest BCUT2D eigenvalue weighted by atomic mass is 10.2. The zero-order chi connectivity index (χ0) is 18.5. The summed E-state index contributed by atoms with van der Waals surface area (Å²) in [7, 11) is 1.34. The molecule has 2 N–H and O–H groups in total. The Balaban J connectivity index is 1.72. The van der Waals surface area contributed by atoms with Crippen molar-refractivity contribution in [3.63, 3.8) is 0 Å². The number of nitrogens with one attached hydrogen (secondary N) is 2. The minimum atomic E-state index is -0.395. The van der Waals surface area contributed by atoms with Crippen molar-refractivity contribution in [2.75, 3.05) is 17.7 Å². The molecule has 3 aromatic rings. The number of halogens is 2. The van der Waals surface area contributed by atoms with Crippen LogP contribution in [0.25, 0.3) is 0 Å². The van der Waals surface area contributed by atoms with Gasteiger partial charge in [0.2, 0.25) is 5.95 Å². The van der Waals surface area contributed by atoms with E-state index in [-0.39, 0.29) is 0 Å². The average molecular weight is 390 g/mol. The fourth-order valence-corrected chi connectivity index (χ4v) is 2.37. The Kier molecular flexibility index (Phi) is 5.50. The summed E-state index contributed by atoms with van der Waals surface area (Å²) in [5.41, 5.74) is 1.88. The van der Waals surface area contributed by atoms with E-state index in [1.165, 1.54) is 13.3 Å². The molecule has 0 bridgehead atoms. The van der Waals surface area contributed by atoms with Crippen LogP contribution >= 0.6 is 23.2 Å². The first kappa shape index (κ1) is 17.9. The number of hydrogen-bond acceptors (Lipinski definition) is 7. The highest BCUT2D eigenvalue weighted by molar-refractivity contribution is 6.42. The predicted molar refractivity (Wildman–Crippen MR) is 101 cm³/mol. The molecular weight excluding hydrogens is 377 g/mol. The molecular formula is C17H13Cl2N5O2. The van der Waals surface area contributed by atoms with Crippen molar-refractivity contribution in [2.24, 2.45) is 0 Å². The monoisotopic (exact) mass is 389 g/mol. The SMILES string of the molecule is COC(=O)c1ccc(Nc2cnnc(Nc3ccc(Cl)c(Cl)c3)n2)cc1. The van der Waals surface area contributed by atoms with Gasteiger partial charge < -0.3 is 15.4 Å². The molecule has 132 valence electrons. The second-order valence-corrected chi connectivity index (χ2v) is 5.93. The van der Waals surface area contributed by atoms with Gasteiger partial charge in [-0.05, 0) is 42.5 Å². The van der Waals surface area contributed by atoms with Crippen LogP contribution in [0.4, 0.5) is 23.1 Å². The van der Waals surface area contributed by atoms with Crippen LogP contribution in [0.5, 0.6) is 0 Å². The summed E-state index contributed by atoms with van der Waals surface area (Å²) in [4.78, 5) is 15.8. The molecule has 0 radical (unpaired) electrons. The van der Waals surface area contributed by atoms with Gasteiger partial charge in [-0.25, -0.2) is 4.79 Å². The van der Waals surface area contributed by atoms with Crippen molar-refractivity contribution in [3.8, 4) is 0 Å². The molecule has 9 heteroatoms. The summed E-state index contributed by atoms with van der Waals surface area (Å²) in [6.07, 6.45) is 1.48. The molecule has 0 amide bonds. The first-order valence-corrected chi connectivity index (χ1v) is 8.18. The Morgan fingerprint density at radius 1 is 1.00 bits per heavy atom. The zero-order valence-corrected chi connectivity index (χ0v) is 15.0. The average Bonchev–Trinajstić information content (AvgIpc) is 2.65. The van der Waals surface area contributed by atoms with Crippen LogP contribution in [-0.4, -0.2) is 28.3 Å². The Morgan fingerprint density at radius 3 is 2.42 bits per heavy atom. The van der Waals surface area contributed by atoms with Crippen molar-refractivity contribution in [2.45, 2.75) is 0 Å². The molecule has 0 aliphatic rings. The lowest BCUT2D eigenvalue weighted by Gasteiger charge is -2.08. The molecule has 0 fully saturated rings. The van der Waals surface area contributed by atoms with E-state index in [4.69, 9.17) is 23.2 Å². The lowest BCUT2D eigenvalue weighted by Crippen LogP contribution is -2.03. The van der Waals surface area contributed by atoms with Crippen LogP contribution in [0.3, 0.4) is 0 Å². The van der Waals surface area contributed by atoms with Gasteiger partial charge in [0, 0.05) is 11.4 Å². The van der Waals surface area contributed by atoms with Gasteiger partial charge in [0.1, 0.15) is 0 Å². The van der Waals surface area contributed by atoms with Crippen LogP contribution in [0.1, 0.15) is 10.4 Å². The number of anilines is 4. The highest BCUT2D eigenvalue weighted by Gasteiger charge is 2.06. The smallest absolute Gasteiger partial charge is 0.337 e. The fraction of sp³-hybridized carbons (Fsp3) is 0.0588. The van der Waals surface area contributed by atoms with Gasteiger partial charge in [0.15, 0.2) is 5.82 Å². The molecule has 7 nitrogen and oxygen atoms in total. The molecule has 3 rings (SSSR count). The van der Waals surface area contributed by atoms with Gasteiger partial charge in [0.25, 0.3) is 0 Å². The second-order valence-electron chi connectivity index (χ2n) is 5.11. The first-order chi connectivity index (χ1) is 12.5. The lowest BCUT2D eigenvalue weighted by molar-refractivity contribution is 0.0601. The third-order valence-electron chi connectivity index (χ3n) is 3.31. The minimum Gasteiger partial charge on any atom is -0.465 e. The van der Waals surface area contributed by atoms with Crippen molar-refractivity contribution in [3.05, 3.63) is 64.3 Å².